The van der Waals surface area contributed by atoms with Crippen LogP contribution in [-0.4, -0.2) is 57.6 Å². The zero-order chi connectivity index (χ0) is 22.9. The number of alkyl halides is 3. The van der Waals surface area contributed by atoms with Crippen molar-refractivity contribution < 1.29 is 27.4 Å². The van der Waals surface area contributed by atoms with Crippen molar-refractivity contribution in [2.45, 2.75) is 12.3 Å². The molecule has 1 unspecified atom stereocenters. The van der Waals surface area contributed by atoms with E-state index < -0.39 is 29.4 Å². The molecule has 4 rings (SSSR count). The minimum Gasteiger partial charge on any atom is -0.480 e. The van der Waals surface area contributed by atoms with Crippen molar-refractivity contribution in [2.75, 3.05) is 26.8 Å². The number of ether oxygens (including phenoxy) is 2. The highest BCUT2D eigenvalue weighted by Gasteiger charge is 2.42. The second-order valence-corrected chi connectivity index (χ2v) is 7.35. The summed E-state index contributed by atoms with van der Waals surface area (Å²) in [6.45, 7) is 0.414. The second kappa shape index (κ2) is 8.75. The van der Waals surface area contributed by atoms with Crippen LogP contribution in [0.4, 0.5) is 13.2 Å². The van der Waals surface area contributed by atoms with Crippen LogP contribution < -0.4 is 4.74 Å². The molecule has 168 valence electrons. The number of aromatic nitrogens is 4. The summed E-state index contributed by atoms with van der Waals surface area (Å²) in [5.74, 6) is -0.863. The molecule has 1 aliphatic rings. The molecule has 2 aromatic heterocycles. The average Bonchev–Trinajstić information content (AvgIpc) is 3.25. The summed E-state index contributed by atoms with van der Waals surface area (Å²) < 4.78 is 52.9. The van der Waals surface area contributed by atoms with Gasteiger partial charge >= 0.3 is 6.18 Å². The van der Waals surface area contributed by atoms with Gasteiger partial charge < -0.3 is 14.4 Å². The molecule has 0 spiro atoms. The first kappa shape index (κ1) is 22.0. The van der Waals surface area contributed by atoms with Gasteiger partial charge in [0.05, 0.1) is 32.0 Å². The van der Waals surface area contributed by atoms with Crippen molar-refractivity contribution >= 4 is 17.5 Å². The van der Waals surface area contributed by atoms with Crippen LogP contribution in [0.1, 0.15) is 27.7 Å². The number of benzene rings is 1. The highest BCUT2D eigenvalue weighted by molar-refractivity contribution is 6.30. The predicted octanol–water partition coefficient (Wildman–Crippen LogP) is 3.56. The Balaban J connectivity index is 1.64. The van der Waals surface area contributed by atoms with Crippen molar-refractivity contribution in [3.8, 4) is 11.7 Å². The van der Waals surface area contributed by atoms with E-state index in [9.17, 15) is 18.0 Å². The van der Waals surface area contributed by atoms with Gasteiger partial charge in [-0.2, -0.15) is 18.3 Å². The monoisotopic (exact) mass is 467 g/mol. The fourth-order valence-corrected chi connectivity index (χ4v) is 3.50. The molecule has 1 saturated heterocycles. The number of hydrogen-bond acceptors (Lipinski definition) is 6. The predicted molar refractivity (Wildman–Crippen MR) is 107 cm³/mol. The van der Waals surface area contributed by atoms with Gasteiger partial charge in [0.2, 0.25) is 5.88 Å². The Bertz CT molecular complexity index is 1100. The lowest BCUT2D eigenvalue weighted by Crippen LogP contribution is -2.42. The molecule has 0 aliphatic carbocycles. The Hall–Kier alpha value is -3.18. The molecule has 12 heteroatoms. The van der Waals surface area contributed by atoms with E-state index in [2.05, 4.69) is 15.3 Å². The number of nitrogens with zero attached hydrogens (tertiary/aromatic N) is 5. The minimum atomic E-state index is -4.86. The van der Waals surface area contributed by atoms with Crippen LogP contribution in [0, 0.1) is 0 Å². The molecule has 8 nitrogen and oxygen atoms in total. The molecule has 0 radical (unpaired) electrons. The SMILES string of the molecule is COc1ccc(-n2ncc(C(=O)N3CCOC(c4ccc(Cl)cc4)C3)c2C(F)(F)F)nn1. The molecular weight excluding hydrogens is 451 g/mol. The fraction of sp³-hybridized carbons (Fsp3) is 0.300. The van der Waals surface area contributed by atoms with Crippen molar-refractivity contribution in [1.29, 1.82) is 0 Å². The molecule has 1 fully saturated rings. The van der Waals surface area contributed by atoms with Crippen molar-refractivity contribution in [2.24, 2.45) is 0 Å². The van der Waals surface area contributed by atoms with E-state index in [1.165, 1.54) is 24.1 Å². The summed E-state index contributed by atoms with van der Waals surface area (Å²) in [6.07, 6.45) is -4.45. The normalized spacial score (nSPS) is 16.8. The highest BCUT2D eigenvalue weighted by Crippen LogP contribution is 2.34. The Morgan fingerprint density at radius 3 is 2.56 bits per heavy atom. The first-order chi connectivity index (χ1) is 15.3. The molecule has 0 N–H and O–H groups in total. The van der Waals surface area contributed by atoms with E-state index in [1.807, 2.05) is 0 Å². The largest absolute Gasteiger partial charge is 0.480 e. The van der Waals surface area contributed by atoms with Crippen LogP contribution in [0.3, 0.4) is 0 Å². The zero-order valence-electron chi connectivity index (χ0n) is 16.7. The maximum Gasteiger partial charge on any atom is 0.434 e. The quantitative estimate of drug-likeness (QED) is 0.583. The molecule has 32 heavy (non-hydrogen) atoms. The Morgan fingerprint density at radius 2 is 1.94 bits per heavy atom. The third-order valence-corrected chi connectivity index (χ3v) is 5.17. The number of amides is 1. The Labute approximate surface area is 185 Å². The lowest BCUT2D eigenvalue weighted by Gasteiger charge is -2.33. The Morgan fingerprint density at radius 1 is 1.19 bits per heavy atom. The van der Waals surface area contributed by atoms with E-state index >= 15 is 0 Å². The summed E-state index contributed by atoms with van der Waals surface area (Å²) in [4.78, 5) is 14.4. The van der Waals surface area contributed by atoms with E-state index in [1.54, 1.807) is 24.3 Å². The molecule has 3 aromatic rings. The summed E-state index contributed by atoms with van der Waals surface area (Å²) in [6, 6.07) is 9.49. The number of hydrogen-bond donors (Lipinski definition) is 0. The number of carbonyl (C=O) groups excluding carboxylic acids is 1. The van der Waals surface area contributed by atoms with Gasteiger partial charge in [0.15, 0.2) is 11.5 Å². The van der Waals surface area contributed by atoms with Gasteiger partial charge in [-0.15, -0.1) is 10.2 Å². The summed E-state index contributed by atoms with van der Waals surface area (Å²) in [5, 5.41) is 11.7. The smallest absolute Gasteiger partial charge is 0.434 e. The van der Waals surface area contributed by atoms with Crippen molar-refractivity contribution in [1.82, 2.24) is 24.9 Å². The number of rotatable bonds is 4. The first-order valence-electron chi connectivity index (χ1n) is 9.47. The average molecular weight is 468 g/mol. The van der Waals surface area contributed by atoms with Gasteiger partial charge in [0.1, 0.15) is 6.10 Å². The van der Waals surface area contributed by atoms with Crippen LogP contribution >= 0.6 is 11.6 Å². The van der Waals surface area contributed by atoms with Crippen LogP contribution in [0.2, 0.25) is 5.02 Å². The van der Waals surface area contributed by atoms with Crippen molar-refractivity contribution in [3.63, 3.8) is 0 Å². The Kier molecular flexibility index (Phi) is 6.02. The van der Waals surface area contributed by atoms with Gasteiger partial charge in [-0.1, -0.05) is 23.7 Å². The standard InChI is InChI=1S/C20H17ClF3N5O3/c1-31-17-7-6-16(26-27-17)29-18(20(22,23)24)14(10-25-29)19(30)28-8-9-32-15(11-28)12-2-4-13(21)5-3-12/h2-7,10,15H,8-9,11H2,1H3. The van der Waals surface area contributed by atoms with Gasteiger partial charge in [0.25, 0.3) is 5.91 Å². The molecule has 1 atom stereocenters. The van der Waals surface area contributed by atoms with E-state index in [4.69, 9.17) is 21.1 Å². The maximum absolute atomic E-state index is 13.9. The highest BCUT2D eigenvalue weighted by atomic mass is 35.5. The van der Waals surface area contributed by atoms with E-state index in [0.717, 1.165) is 11.8 Å². The number of carbonyl (C=O) groups is 1. The van der Waals surface area contributed by atoms with E-state index in [0.29, 0.717) is 9.70 Å². The molecule has 0 bridgehead atoms. The van der Waals surface area contributed by atoms with E-state index in [-0.39, 0.29) is 31.4 Å². The van der Waals surface area contributed by atoms with Gasteiger partial charge in [-0.25, -0.2) is 4.68 Å². The molecule has 3 heterocycles. The molecule has 1 aliphatic heterocycles. The van der Waals surface area contributed by atoms with Crippen LogP contribution in [0.25, 0.3) is 5.82 Å². The molecular formula is C20H17ClF3N5O3. The summed E-state index contributed by atoms with van der Waals surface area (Å²) in [5.41, 5.74) is -1.03. The second-order valence-electron chi connectivity index (χ2n) is 6.91. The third-order valence-electron chi connectivity index (χ3n) is 4.92. The van der Waals surface area contributed by atoms with Crippen LogP contribution in [0.15, 0.2) is 42.6 Å². The fourth-order valence-electron chi connectivity index (χ4n) is 3.37. The van der Waals surface area contributed by atoms with Crippen molar-refractivity contribution in [3.05, 3.63) is 64.4 Å². The van der Waals surface area contributed by atoms with Gasteiger partial charge in [0, 0.05) is 17.6 Å². The molecule has 1 aromatic carbocycles. The maximum atomic E-state index is 13.9. The minimum absolute atomic E-state index is 0.0886. The van der Waals surface area contributed by atoms with Crippen LogP contribution in [-0.2, 0) is 10.9 Å². The lowest BCUT2D eigenvalue weighted by molar-refractivity contribution is -0.143. The topological polar surface area (TPSA) is 82.4 Å². The van der Waals surface area contributed by atoms with Gasteiger partial charge in [-0.05, 0) is 23.8 Å². The summed E-state index contributed by atoms with van der Waals surface area (Å²) >= 11 is 5.90. The molecule has 1 amide bonds. The first-order valence-corrected chi connectivity index (χ1v) is 9.85. The lowest BCUT2D eigenvalue weighted by atomic mass is 10.1. The molecule has 0 saturated carbocycles. The number of morpholine rings is 1. The van der Waals surface area contributed by atoms with Crippen LogP contribution in [0.5, 0.6) is 5.88 Å². The van der Waals surface area contributed by atoms with Gasteiger partial charge in [-0.3, -0.25) is 4.79 Å². The number of methoxy groups -OCH3 is 1. The summed E-state index contributed by atoms with van der Waals surface area (Å²) in [7, 11) is 1.36. The zero-order valence-corrected chi connectivity index (χ0v) is 17.5. The third kappa shape index (κ3) is 4.39. The number of halogens is 4.